The molecular formula is C10H10BF6KO2. The second-order valence-corrected chi connectivity index (χ2v) is 3.83. The Labute approximate surface area is 154 Å². The van der Waals surface area contributed by atoms with Crippen molar-refractivity contribution in [3.05, 3.63) is 23.8 Å². The van der Waals surface area contributed by atoms with Crippen molar-refractivity contribution in [1.29, 1.82) is 0 Å². The summed E-state index contributed by atoms with van der Waals surface area (Å²) in [6, 6.07) is 2.74. The van der Waals surface area contributed by atoms with Crippen LogP contribution in [0.4, 0.5) is 26.1 Å². The molecule has 0 aromatic heterocycles. The predicted octanol–water partition coefficient (Wildman–Crippen LogP) is -0.0314. The fraction of sp³-hybridized carbons (Fsp3) is 0.400. The molecule has 1 aromatic carbocycles. The number of hydrogen-bond acceptors (Lipinski definition) is 2. The maximum absolute atomic E-state index is 12.4. The first-order valence-corrected chi connectivity index (χ1v) is 5.17. The van der Waals surface area contributed by atoms with Crippen LogP contribution in [-0.4, -0.2) is 26.6 Å². The third-order valence-corrected chi connectivity index (χ3v) is 2.14. The van der Waals surface area contributed by atoms with E-state index in [0.717, 1.165) is 18.2 Å². The van der Waals surface area contributed by atoms with Crippen LogP contribution >= 0.6 is 0 Å². The summed E-state index contributed by atoms with van der Waals surface area (Å²) < 4.78 is 81.5. The standard InChI is InChI=1S/C10H10BF6O2.K/c1-7-4-8(11(15,16)17)2-3-9(7)19-6-18-5-10(12,13)14;/h2-4H,5-6H2,1H3;/q-1;+1. The molecule has 0 unspecified atom stereocenters. The van der Waals surface area contributed by atoms with E-state index >= 15 is 0 Å². The molecule has 0 fully saturated rings. The van der Waals surface area contributed by atoms with Gasteiger partial charge in [-0.25, -0.2) is 0 Å². The molecule has 10 heteroatoms. The maximum Gasteiger partial charge on any atom is 1.00 e. The Kier molecular flexibility index (Phi) is 8.15. The van der Waals surface area contributed by atoms with Crippen LogP contribution in [0.15, 0.2) is 18.2 Å². The maximum atomic E-state index is 12.4. The van der Waals surface area contributed by atoms with E-state index in [4.69, 9.17) is 4.74 Å². The van der Waals surface area contributed by atoms with Gasteiger partial charge in [0.05, 0.1) is 0 Å². The Morgan fingerprint density at radius 3 is 2.20 bits per heavy atom. The normalized spacial score (nSPS) is 11.9. The summed E-state index contributed by atoms with van der Waals surface area (Å²) >= 11 is 0. The summed E-state index contributed by atoms with van der Waals surface area (Å²) in [4.78, 5) is 0. The zero-order chi connectivity index (χ0) is 14.7. The molecule has 1 aromatic rings. The van der Waals surface area contributed by atoms with Crippen LogP contribution in [0, 0.1) is 6.92 Å². The van der Waals surface area contributed by atoms with Crippen molar-refractivity contribution in [2.24, 2.45) is 0 Å². The smallest absolute Gasteiger partial charge is 0.467 e. The monoisotopic (exact) mass is 326 g/mol. The van der Waals surface area contributed by atoms with Gasteiger partial charge in [-0.2, -0.15) is 13.2 Å². The van der Waals surface area contributed by atoms with Crippen LogP contribution in [-0.2, 0) is 4.74 Å². The topological polar surface area (TPSA) is 18.5 Å². The van der Waals surface area contributed by atoms with Gasteiger partial charge in [0.25, 0.3) is 0 Å². The molecule has 0 amide bonds. The molecule has 0 aliphatic carbocycles. The van der Waals surface area contributed by atoms with Crippen LogP contribution in [0.3, 0.4) is 0 Å². The van der Waals surface area contributed by atoms with Gasteiger partial charge in [-0.1, -0.05) is 12.1 Å². The number of aryl methyl sites for hydroxylation is 1. The summed E-state index contributed by atoms with van der Waals surface area (Å²) in [5.74, 6) is 0.0472. The number of rotatable bonds is 5. The van der Waals surface area contributed by atoms with E-state index in [0.29, 0.717) is 0 Å². The van der Waals surface area contributed by atoms with Crippen LogP contribution in [0.5, 0.6) is 5.75 Å². The van der Waals surface area contributed by atoms with Crippen molar-refractivity contribution in [1.82, 2.24) is 0 Å². The van der Waals surface area contributed by atoms with Gasteiger partial charge in [0.15, 0.2) is 6.79 Å². The van der Waals surface area contributed by atoms with Crippen LogP contribution in [0.1, 0.15) is 5.56 Å². The van der Waals surface area contributed by atoms with Crippen LogP contribution in [0.25, 0.3) is 0 Å². The molecule has 0 saturated carbocycles. The fourth-order valence-electron chi connectivity index (χ4n) is 1.30. The van der Waals surface area contributed by atoms with E-state index in [-0.39, 0.29) is 62.7 Å². The first-order chi connectivity index (χ1) is 8.59. The molecule has 0 aliphatic rings. The third kappa shape index (κ3) is 7.32. The summed E-state index contributed by atoms with van der Waals surface area (Å²) in [5.41, 5.74) is -0.617. The van der Waals surface area contributed by atoms with Gasteiger partial charge in [0.1, 0.15) is 12.4 Å². The van der Waals surface area contributed by atoms with Gasteiger partial charge in [0.2, 0.25) is 0 Å². The summed E-state index contributed by atoms with van der Waals surface area (Å²) in [6.07, 6.45) is -4.47. The minimum Gasteiger partial charge on any atom is -0.467 e. The van der Waals surface area contributed by atoms with Crippen LogP contribution < -0.4 is 61.6 Å². The molecule has 1 rings (SSSR count). The van der Waals surface area contributed by atoms with Crippen molar-refractivity contribution in [3.8, 4) is 5.75 Å². The van der Waals surface area contributed by atoms with Crippen molar-refractivity contribution < 1.29 is 87.0 Å². The van der Waals surface area contributed by atoms with Crippen molar-refractivity contribution in [2.75, 3.05) is 13.4 Å². The van der Waals surface area contributed by atoms with Crippen molar-refractivity contribution in [2.45, 2.75) is 13.1 Å². The predicted molar refractivity (Wildman–Crippen MR) is 57.4 cm³/mol. The Hall–Kier alpha value is 0.261. The summed E-state index contributed by atoms with van der Waals surface area (Å²) in [7, 11) is 0. The number of ether oxygens (including phenoxy) is 2. The molecule has 20 heavy (non-hydrogen) atoms. The van der Waals surface area contributed by atoms with Crippen molar-refractivity contribution >= 4 is 12.4 Å². The number of hydrogen-bond donors (Lipinski definition) is 0. The Morgan fingerprint density at radius 1 is 1.15 bits per heavy atom. The molecule has 2 nitrogen and oxygen atoms in total. The van der Waals surface area contributed by atoms with Crippen LogP contribution in [0.2, 0.25) is 0 Å². The molecule has 0 radical (unpaired) electrons. The molecule has 0 saturated heterocycles. The van der Waals surface area contributed by atoms with Gasteiger partial charge in [-0.3, -0.25) is 0 Å². The molecule has 0 bridgehead atoms. The largest absolute Gasteiger partial charge is 1.00 e. The molecular weight excluding hydrogens is 316 g/mol. The number of alkyl halides is 3. The minimum absolute atomic E-state index is 0. The minimum atomic E-state index is -5.11. The Balaban J connectivity index is 0.00000361. The second kappa shape index (κ2) is 8.04. The summed E-state index contributed by atoms with van der Waals surface area (Å²) in [5, 5.41) is 0. The van der Waals surface area contributed by atoms with Gasteiger partial charge in [-0.15, -0.1) is 5.46 Å². The van der Waals surface area contributed by atoms with E-state index in [9.17, 15) is 26.1 Å². The van der Waals surface area contributed by atoms with Gasteiger partial charge < -0.3 is 22.4 Å². The third-order valence-electron chi connectivity index (χ3n) is 2.14. The van der Waals surface area contributed by atoms with E-state index in [2.05, 4.69) is 4.74 Å². The van der Waals surface area contributed by atoms with E-state index in [1.165, 1.54) is 6.92 Å². The fourth-order valence-corrected chi connectivity index (χ4v) is 1.30. The van der Waals surface area contributed by atoms with E-state index < -0.39 is 32.0 Å². The second-order valence-electron chi connectivity index (χ2n) is 3.83. The van der Waals surface area contributed by atoms with E-state index in [1.807, 2.05) is 0 Å². The average Bonchev–Trinajstić information content (AvgIpc) is 2.23. The first kappa shape index (κ1) is 20.3. The molecule has 0 N–H and O–H groups in total. The number of benzene rings is 1. The zero-order valence-corrected chi connectivity index (χ0v) is 13.9. The Bertz CT molecular complexity index is 435. The Morgan fingerprint density at radius 2 is 1.75 bits per heavy atom. The summed E-state index contributed by atoms with van der Waals surface area (Å²) in [6.45, 7) is -5.91. The van der Waals surface area contributed by atoms with Gasteiger partial charge in [-0.05, 0) is 18.6 Å². The molecule has 0 atom stereocenters. The molecule has 0 spiro atoms. The quantitative estimate of drug-likeness (QED) is 0.327. The first-order valence-electron chi connectivity index (χ1n) is 5.17. The molecule has 0 heterocycles. The van der Waals surface area contributed by atoms with E-state index in [1.54, 1.807) is 0 Å². The zero-order valence-electron chi connectivity index (χ0n) is 10.8. The number of halogens is 6. The molecule has 0 aliphatic heterocycles. The van der Waals surface area contributed by atoms with Gasteiger partial charge in [0, 0.05) is 0 Å². The van der Waals surface area contributed by atoms with Gasteiger partial charge >= 0.3 is 64.5 Å². The SMILES string of the molecule is Cc1cc([B-](F)(F)F)ccc1OCOCC(F)(F)F.[K+]. The van der Waals surface area contributed by atoms with Crippen molar-refractivity contribution in [3.63, 3.8) is 0 Å². The molecule has 108 valence electrons. The average molecular weight is 326 g/mol.